The summed E-state index contributed by atoms with van der Waals surface area (Å²) in [5, 5.41) is 0. The Bertz CT molecular complexity index is 3450. The lowest BCUT2D eigenvalue weighted by Crippen LogP contribution is -2.67. The lowest BCUT2D eigenvalue weighted by Gasteiger charge is -2.49. The summed E-state index contributed by atoms with van der Waals surface area (Å²) in [4.78, 5) is 29.3. The van der Waals surface area contributed by atoms with Crippen molar-refractivity contribution in [2.75, 3.05) is 6.61 Å². The Hall–Kier alpha value is -8.48. The first-order chi connectivity index (χ1) is 46.0. The fourth-order valence-corrected chi connectivity index (χ4v) is 11.5. The molecule has 0 aromatic heterocycles. The van der Waals surface area contributed by atoms with Gasteiger partial charge in [0.25, 0.3) is 0 Å². The number of carbonyl (C=O) groups excluding carboxylic acids is 2. The van der Waals surface area contributed by atoms with Gasteiger partial charge in [-0.15, -0.1) is 0 Å². The van der Waals surface area contributed by atoms with Crippen LogP contribution in [0.1, 0.15) is 62.9 Å². The quantitative estimate of drug-likeness (QED) is 0.0360. The average Bonchev–Trinajstić information content (AvgIpc) is 0.825. The summed E-state index contributed by atoms with van der Waals surface area (Å²) in [7, 11) is 0. The minimum atomic E-state index is -1.17. The molecule has 93 heavy (non-hydrogen) atoms. The molecule has 7 unspecified atom stereocenters. The average molecular weight is 1250 g/mol. The molecule has 0 amide bonds. The van der Waals surface area contributed by atoms with Crippen molar-refractivity contribution in [1.82, 2.24) is 0 Å². The molecule has 0 N–H and O–H groups in total. The van der Waals surface area contributed by atoms with Gasteiger partial charge >= 0.3 is 11.9 Å². The van der Waals surface area contributed by atoms with E-state index in [1.165, 1.54) is 0 Å². The number of carbonyl (C=O) groups is 2. The zero-order valence-electron chi connectivity index (χ0n) is 52.0. The number of esters is 2. The minimum absolute atomic E-state index is 0.124. The predicted octanol–water partition coefficient (Wildman–Crippen LogP) is 13.9. The van der Waals surface area contributed by atoms with E-state index >= 15 is 0 Å². The van der Waals surface area contributed by atoms with Crippen LogP contribution >= 0.6 is 0 Å². The van der Waals surface area contributed by atoms with Crippen molar-refractivity contribution in [2.45, 2.75) is 140 Å². The van der Waals surface area contributed by atoms with Gasteiger partial charge in [0.15, 0.2) is 12.4 Å². The molecular formula is C79H80O14. The van der Waals surface area contributed by atoms with Gasteiger partial charge in [-0.1, -0.05) is 273 Å². The molecule has 0 spiro atoms. The summed E-state index contributed by atoms with van der Waals surface area (Å²) in [6.45, 7) is 1.29. The first-order valence-electron chi connectivity index (χ1n) is 31.9. The third-order valence-corrected chi connectivity index (χ3v) is 16.3. The van der Waals surface area contributed by atoms with E-state index in [1.807, 2.05) is 273 Å². The van der Waals surface area contributed by atoms with Gasteiger partial charge in [0, 0.05) is 0 Å². The third kappa shape index (κ3) is 20.0. The van der Waals surface area contributed by atoms with Crippen molar-refractivity contribution in [3.8, 4) is 0 Å². The van der Waals surface area contributed by atoms with Crippen molar-refractivity contribution in [1.29, 1.82) is 0 Å². The molecule has 1 saturated heterocycles. The Morgan fingerprint density at radius 3 is 0.742 bits per heavy atom. The van der Waals surface area contributed by atoms with Crippen LogP contribution in [0.25, 0.3) is 0 Å². The van der Waals surface area contributed by atoms with Crippen LogP contribution in [0.2, 0.25) is 0 Å². The Balaban J connectivity index is 0.879. The Labute approximate surface area is 545 Å². The van der Waals surface area contributed by atoms with Gasteiger partial charge in [-0.2, -0.15) is 0 Å². The second-order valence-corrected chi connectivity index (χ2v) is 23.1. The number of rotatable bonds is 33. The first kappa shape index (κ1) is 66.0. The standard InChI is InChI=1S/C79H80O14/c80-68(82-57-67-70(83-48-58-28-10-1-11-29-58)71(84-49-59-30-12-2-13-31-59)78(90-55-65-42-24-8-25-43-65)79(92-67)91-56-66-44-26-9-27-45-66)46-47-69(81)93-77-75(88-53-63-38-20-6-21-39-63)73(86-51-61-34-16-4-17-35-61)72(85-50-60-32-14-3-15-33-60)74(87-52-62-36-18-5-19-37-62)76(77)89-54-64-40-22-7-23-41-64/h1-45,67,70-79H,46-57H2/t67?,70-,71?,72?,73?,74?,75?,76?,77?,78?,79-/m1/s1. The maximum atomic E-state index is 14.9. The molecule has 9 atom stereocenters. The third-order valence-electron chi connectivity index (χ3n) is 16.3. The van der Waals surface area contributed by atoms with Crippen molar-refractivity contribution in [3.05, 3.63) is 323 Å². The monoisotopic (exact) mass is 1250 g/mol. The molecule has 1 aliphatic carbocycles. The maximum absolute atomic E-state index is 14.9. The van der Waals surface area contributed by atoms with Gasteiger partial charge in [0.2, 0.25) is 0 Å². The zero-order chi connectivity index (χ0) is 63.5. The highest BCUT2D eigenvalue weighted by molar-refractivity contribution is 5.77. The van der Waals surface area contributed by atoms with Crippen LogP contribution < -0.4 is 0 Å². The summed E-state index contributed by atoms with van der Waals surface area (Å²) >= 11 is 0. The number of ether oxygens (including phenoxy) is 12. The molecule has 14 heteroatoms. The topological polar surface area (TPSA) is 145 Å². The molecule has 14 nitrogen and oxygen atoms in total. The molecule has 0 bridgehead atoms. The largest absolute Gasteiger partial charge is 0.463 e. The van der Waals surface area contributed by atoms with Gasteiger partial charge < -0.3 is 56.8 Å². The fourth-order valence-electron chi connectivity index (χ4n) is 11.5. The smallest absolute Gasteiger partial charge is 0.306 e. The Kier molecular flexibility index (Phi) is 25.2. The van der Waals surface area contributed by atoms with Crippen LogP contribution in [0.3, 0.4) is 0 Å². The van der Waals surface area contributed by atoms with Crippen molar-refractivity contribution in [2.24, 2.45) is 0 Å². The molecule has 480 valence electrons. The Morgan fingerprint density at radius 2 is 0.462 bits per heavy atom. The van der Waals surface area contributed by atoms with Gasteiger partial charge in [0.1, 0.15) is 61.5 Å². The van der Waals surface area contributed by atoms with Gasteiger partial charge in [0.05, 0.1) is 72.3 Å². The molecule has 2 fully saturated rings. The lowest BCUT2D eigenvalue weighted by atomic mass is 9.83. The summed E-state index contributed by atoms with van der Waals surface area (Å²) in [6.07, 6.45) is -11.0. The fraction of sp³-hybridized carbons (Fsp3) is 0.291. The second kappa shape index (κ2) is 35.5. The zero-order valence-corrected chi connectivity index (χ0v) is 52.0. The molecule has 1 saturated carbocycles. The molecule has 9 aromatic carbocycles. The summed E-state index contributed by atoms with van der Waals surface area (Å²) < 4.78 is 82.2. The lowest BCUT2D eigenvalue weighted by molar-refractivity contribution is -0.329. The summed E-state index contributed by atoms with van der Waals surface area (Å²) in [5.74, 6) is -1.38. The van der Waals surface area contributed by atoms with E-state index in [1.54, 1.807) is 0 Å². The van der Waals surface area contributed by atoms with Crippen LogP contribution in [0.4, 0.5) is 0 Å². The molecule has 1 heterocycles. The van der Waals surface area contributed by atoms with E-state index in [0.29, 0.717) is 0 Å². The van der Waals surface area contributed by atoms with Crippen molar-refractivity contribution in [3.63, 3.8) is 0 Å². The summed E-state index contributed by atoms with van der Waals surface area (Å²) in [6, 6.07) is 88.4. The van der Waals surface area contributed by atoms with E-state index in [2.05, 4.69) is 0 Å². The van der Waals surface area contributed by atoms with E-state index in [-0.39, 0.29) is 78.9 Å². The first-order valence-corrected chi connectivity index (χ1v) is 31.9. The number of hydrogen-bond acceptors (Lipinski definition) is 14. The molecule has 2 aliphatic rings. The van der Waals surface area contributed by atoms with Gasteiger partial charge in [-0.05, 0) is 50.1 Å². The van der Waals surface area contributed by atoms with Crippen LogP contribution in [0.15, 0.2) is 273 Å². The van der Waals surface area contributed by atoms with Crippen LogP contribution in [-0.4, -0.2) is 85.9 Å². The molecule has 9 aromatic rings. The normalized spacial score (nSPS) is 22.0. The van der Waals surface area contributed by atoms with Crippen molar-refractivity contribution < 1.29 is 66.4 Å². The van der Waals surface area contributed by atoms with Crippen LogP contribution in [0.5, 0.6) is 0 Å². The van der Waals surface area contributed by atoms with E-state index in [0.717, 1.165) is 50.1 Å². The van der Waals surface area contributed by atoms with Crippen molar-refractivity contribution >= 4 is 11.9 Å². The van der Waals surface area contributed by atoms with E-state index < -0.39 is 79.3 Å². The molecule has 0 radical (unpaired) electrons. The molecule has 11 rings (SSSR count). The summed E-state index contributed by atoms with van der Waals surface area (Å²) in [5.41, 5.74) is 8.21. The predicted molar refractivity (Wildman–Crippen MR) is 350 cm³/mol. The number of hydrogen-bond donors (Lipinski definition) is 0. The maximum Gasteiger partial charge on any atom is 0.306 e. The highest BCUT2D eigenvalue weighted by Gasteiger charge is 2.56. The minimum Gasteiger partial charge on any atom is -0.463 e. The Morgan fingerprint density at radius 1 is 0.247 bits per heavy atom. The molecule has 1 aliphatic heterocycles. The van der Waals surface area contributed by atoms with E-state index in [9.17, 15) is 9.59 Å². The second-order valence-electron chi connectivity index (χ2n) is 23.1. The SMILES string of the molecule is O=C(CCC(=O)OC1C(OCc2ccccc2)C(OCc2ccccc2)C(OCc2ccccc2)C(OCc2ccccc2)C1OCc1ccccc1)OCC1O[C@@H](OCc2ccccc2)C(OCc2ccccc2)C(OCc2ccccc2)[C@@H]1OCc1ccccc1. The van der Waals surface area contributed by atoms with Gasteiger partial charge in [-0.3, -0.25) is 9.59 Å². The van der Waals surface area contributed by atoms with Gasteiger partial charge in [-0.25, -0.2) is 0 Å². The van der Waals surface area contributed by atoms with E-state index in [4.69, 9.17) is 56.8 Å². The molecular weight excluding hydrogens is 1170 g/mol. The highest BCUT2D eigenvalue weighted by atomic mass is 16.7. The van der Waals surface area contributed by atoms with Crippen LogP contribution in [-0.2, 0) is 126 Å². The highest BCUT2D eigenvalue weighted by Crippen LogP contribution is 2.38. The van der Waals surface area contributed by atoms with Crippen LogP contribution in [0, 0.1) is 0 Å². The number of benzene rings is 9.